The Labute approximate surface area is 70.0 Å². The van der Waals surface area contributed by atoms with E-state index in [1.54, 1.807) is 6.07 Å². The molecule has 1 rings (SSSR count). The molecule has 0 heterocycles. The van der Waals surface area contributed by atoms with Gasteiger partial charge in [0.05, 0.1) is 0 Å². The molecule has 0 spiro atoms. The van der Waals surface area contributed by atoms with Crippen molar-refractivity contribution >= 4 is 38.0 Å². The van der Waals surface area contributed by atoms with Crippen molar-refractivity contribution in [2.45, 2.75) is 0 Å². The fourth-order valence-electron chi connectivity index (χ4n) is 0.692. The molecule has 3 heteroatoms. The van der Waals surface area contributed by atoms with Gasteiger partial charge in [-0.1, -0.05) is 11.3 Å². The molecule has 0 unspecified atom stereocenters. The molecule has 0 saturated carbocycles. The fraction of sp³-hybridized carbons (Fsp3) is 0. The lowest BCUT2D eigenvalue weighted by atomic mass is 10.3. The molecule has 0 aliphatic rings. The van der Waals surface area contributed by atoms with Crippen molar-refractivity contribution in [1.29, 1.82) is 0 Å². The van der Waals surface area contributed by atoms with Crippen molar-refractivity contribution < 1.29 is 4.39 Å². The van der Waals surface area contributed by atoms with Crippen LogP contribution in [0.15, 0.2) is 18.2 Å². The van der Waals surface area contributed by atoms with Gasteiger partial charge in [-0.05, 0) is 34.7 Å². The molecule has 0 nitrogen and oxygen atoms in total. The van der Waals surface area contributed by atoms with Crippen molar-refractivity contribution in [1.82, 2.24) is 0 Å². The lowest BCUT2D eigenvalue weighted by molar-refractivity contribution is 0.628. The number of rotatable bonds is 0. The Balaban J connectivity index is 3.17. The van der Waals surface area contributed by atoms with Crippen molar-refractivity contribution in [3.05, 3.63) is 27.6 Å². The van der Waals surface area contributed by atoms with Gasteiger partial charge in [0.1, 0.15) is 5.82 Å². The summed E-state index contributed by atoms with van der Waals surface area (Å²) in [5, 5.41) is 1.11. The zero-order valence-corrected chi connectivity index (χ0v) is 9.15. The molecule has 0 aromatic heterocycles. The first kappa shape index (κ1) is 7.21. The van der Waals surface area contributed by atoms with E-state index in [0.717, 1.165) is 19.0 Å². The average molecular weight is 252 g/mol. The van der Waals surface area contributed by atoms with Crippen molar-refractivity contribution in [3.8, 4) is 0 Å². The Hall–Kier alpha value is 0.0969. The minimum absolute atomic E-state index is 0.119. The summed E-state index contributed by atoms with van der Waals surface area (Å²) >= 11 is 2.11. The highest BCUT2D eigenvalue weighted by molar-refractivity contribution is 14.1. The molecule has 0 radical (unpaired) electrons. The highest BCUT2D eigenvalue weighted by Crippen LogP contribution is 2.03. The van der Waals surface area contributed by atoms with E-state index in [1.807, 2.05) is 6.07 Å². The quantitative estimate of drug-likeness (QED) is 0.464. The van der Waals surface area contributed by atoms with Crippen LogP contribution in [0.5, 0.6) is 0 Å². The van der Waals surface area contributed by atoms with E-state index >= 15 is 0 Å². The molecule has 0 aliphatic carbocycles. The normalized spacial score (nSPS) is 10.0. The fourth-order valence-corrected chi connectivity index (χ4v) is 2.65. The van der Waals surface area contributed by atoms with Crippen LogP contribution >= 0.6 is 22.6 Å². The molecule has 0 N–H and O–H groups in total. The molecule has 1 aromatic rings. The van der Waals surface area contributed by atoms with Crippen LogP contribution in [0, 0.1) is 9.39 Å². The van der Waals surface area contributed by atoms with E-state index in [9.17, 15) is 4.39 Å². The Morgan fingerprint density at radius 1 is 1.33 bits per heavy atom. The third kappa shape index (κ3) is 2.06. The Morgan fingerprint density at radius 2 is 2.00 bits per heavy atom. The second-order valence-electron chi connectivity index (χ2n) is 1.95. The molecule has 48 valence electrons. The average Bonchev–Trinajstić information content (AvgIpc) is 1.59. The Kier molecular flexibility index (Phi) is 2.23. The predicted molar refractivity (Wildman–Crippen MR) is 48.7 cm³/mol. The summed E-state index contributed by atoms with van der Waals surface area (Å²) in [6, 6.07) is 5.10. The van der Waals surface area contributed by atoms with Crippen LogP contribution in [0.4, 0.5) is 4.39 Å². The first-order valence-corrected chi connectivity index (χ1v) is 4.69. The van der Waals surface area contributed by atoms with E-state index in [-0.39, 0.29) is 5.82 Å². The second kappa shape index (κ2) is 2.79. The van der Waals surface area contributed by atoms with Crippen LogP contribution in [0.25, 0.3) is 0 Å². The lowest BCUT2D eigenvalue weighted by Crippen LogP contribution is -2.02. The molecule has 0 aliphatic heterocycles. The van der Waals surface area contributed by atoms with Gasteiger partial charge >= 0.3 is 0 Å². The van der Waals surface area contributed by atoms with E-state index in [2.05, 4.69) is 22.6 Å². The summed E-state index contributed by atoms with van der Waals surface area (Å²) in [6.45, 7) is 0. The Bertz CT molecular complexity index is 174. The first-order valence-electron chi connectivity index (χ1n) is 2.61. The number of benzene rings is 1. The van der Waals surface area contributed by atoms with Crippen LogP contribution in [0.3, 0.4) is 0 Å². The molecule has 0 fully saturated rings. The molecule has 0 amide bonds. The van der Waals surface area contributed by atoms with Crippen molar-refractivity contribution in [2.24, 2.45) is 0 Å². The van der Waals surface area contributed by atoms with Crippen molar-refractivity contribution in [2.75, 3.05) is 0 Å². The third-order valence-electron chi connectivity index (χ3n) is 1.01. The van der Waals surface area contributed by atoms with Gasteiger partial charge < -0.3 is 0 Å². The minimum atomic E-state index is -0.119. The molecule has 0 atom stereocenters. The van der Waals surface area contributed by atoms with Crippen molar-refractivity contribution in [3.63, 3.8) is 0 Å². The van der Waals surface area contributed by atoms with Gasteiger partial charge in [0.15, 0.2) is 0 Å². The molecule has 0 saturated heterocycles. The molecule has 0 bridgehead atoms. The topological polar surface area (TPSA) is 0 Å². The maximum atomic E-state index is 12.4. The summed E-state index contributed by atoms with van der Waals surface area (Å²) < 4.78 is 13.4. The molecule has 9 heavy (non-hydrogen) atoms. The van der Waals surface area contributed by atoms with Gasteiger partial charge in [-0.15, -0.1) is 0 Å². The van der Waals surface area contributed by atoms with Crippen LogP contribution < -0.4 is 5.19 Å². The van der Waals surface area contributed by atoms with Crippen LogP contribution in [-0.2, 0) is 0 Å². The van der Waals surface area contributed by atoms with Gasteiger partial charge in [-0.25, -0.2) is 4.39 Å². The summed E-state index contributed by atoms with van der Waals surface area (Å²) in [5.41, 5.74) is 0. The van der Waals surface area contributed by atoms with E-state index in [1.165, 1.54) is 6.07 Å². The van der Waals surface area contributed by atoms with Gasteiger partial charge in [0.25, 0.3) is 0 Å². The third-order valence-corrected chi connectivity index (χ3v) is 2.21. The lowest BCUT2D eigenvalue weighted by Gasteiger charge is -1.92. The largest absolute Gasteiger partial charge is 0.207 e. The highest BCUT2D eigenvalue weighted by atomic mass is 127. The predicted octanol–water partition coefficient (Wildman–Crippen LogP) is 0.421. The number of hydrogen-bond donors (Lipinski definition) is 0. The van der Waals surface area contributed by atoms with Crippen LogP contribution in [0.2, 0.25) is 0 Å². The van der Waals surface area contributed by atoms with E-state index in [4.69, 9.17) is 0 Å². The number of halogens is 2. The second-order valence-corrected chi connectivity index (χ2v) is 4.35. The summed E-state index contributed by atoms with van der Waals surface area (Å²) in [7, 11) is 0.926. The van der Waals surface area contributed by atoms with Crippen LogP contribution in [-0.4, -0.2) is 10.2 Å². The monoisotopic (exact) mass is 252 g/mol. The molecular weight excluding hydrogens is 246 g/mol. The maximum absolute atomic E-state index is 12.4. The van der Waals surface area contributed by atoms with Gasteiger partial charge in [0, 0.05) is 13.8 Å². The van der Waals surface area contributed by atoms with Gasteiger partial charge in [-0.3, -0.25) is 0 Å². The SMILES string of the molecule is Fc1cc([SiH3])cc(I)c1. The zero-order valence-electron chi connectivity index (χ0n) is 4.99. The maximum Gasteiger partial charge on any atom is 0.124 e. The van der Waals surface area contributed by atoms with Crippen LogP contribution in [0.1, 0.15) is 0 Å². The zero-order chi connectivity index (χ0) is 6.85. The highest BCUT2D eigenvalue weighted by Gasteiger charge is 1.91. The summed E-state index contributed by atoms with van der Waals surface area (Å²) in [4.78, 5) is 0. The first-order chi connectivity index (χ1) is 4.18. The smallest absolute Gasteiger partial charge is 0.124 e. The summed E-state index contributed by atoms with van der Waals surface area (Å²) in [5.74, 6) is -0.119. The number of hydrogen-bond acceptors (Lipinski definition) is 0. The summed E-state index contributed by atoms with van der Waals surface area (Å²) in [6.07, 6.45) is 0. The van der Waals surface area contributed by atoms with Gasteiger partial charge in [-0.2, -0.15) is 0 Å². The standard InChI is InChI=1S/C6H6FISi/c7-4-1-5(8)3-6(9)2-4/h1-3H,9H3. The Morgan fingerprint density at radius 3 is 2.44 bits per heavy atom. The molecule has 1 aromatic carbocycles. The molecular formula is C6H6FISi. The van der Waals surface area contributed by atoms with E-state index < -0.39 is 0 Å². The van der Waals surface area contributed by atoms with Gasteiger partial charge in [0.2, 0.25) is 0 Å². The minimum Gasteiger partial charge on any atom is -0.207 e. The van der Waals surface area contributed by atoms with E-state index in [0.29, 0.717) is 0 Å².